The topological polar surface area (TPSA) is 55.6 Å². The van der Waals surface area contributed by atoms with Crippen LogP contribution in [0.15, 0.2) is 12.1 Å². The van der Waals surface area contributed by atoms with Crippen LogP contribution in [-0.2, 0) is 4.84 Å². The number of anilines is 1. The van der Waals surface area contributed by atoms with E-state index in [0.717, 1.165) is 17.9 Å². The molecule has 7 heteroatoms. The summed E-state index contributed by atoms with van der Waals surface area (Å²) in [6.45, 7) is 0.752. The van der Waals surface area contributed by atoms with Crippen molar-refractivity contribution in [1.82, 2.24) is 0 Å². The molecule has 0 bridgehead atoms. The van der Waals surface area contributed by atoms with Gasteiger partial charge in [0, 0.05) is 6.54 Å². The first-order valence-corrected chi connectivity index (χ1v) is 5.13. The van der Waals surface area contributed by atoms with E-state index in [1.165, 1.54) is 0 Å². The van der Waals surface area contributed by atoms with Crippen LogP contribution < -0.4 is 5.06 Å². The van der Waals surface area contributed by atoms with Crippen LogP contribution in [-0.4, -0.2) is 18.1 Å². The summed E-state index contributed by atoms with van der Waals surface area (Å²) in [5, 5.41) is 11.5. The summed E-state index contributed by atoms with van der Waals surface area (Å²) < 4.78 is 27.2. The van der Waals surface area contributed by atoms with E-state index in [1.807, 2.05) is 0 Å². The minimum absolute atomic E-state index is 0.365. The van der Waals surface area contributed by atoms with E-state index in [-0.39, 0.29) is 5.69 Å². The molecule has 2 rings (SSSR count). The molecule has 1 heterocycles. The molecule has 0 spiro atoms. The molecule has 1 saturated heterocycles. The quantitative estimate of drug-likeness (QED) is 0.592. The van der Waals surface area contributed by atoms with Gasteiger partial charge in [-0.1, -0.05) is 0 Å². The highest BCUT2D eigenvalue weighted by molar-refractivity contribution is 5.52. The lowest BCUT2D eigenvalue weighted by Crippen LogP contribution is -2.31. The average molecular weight is 244 g/mol. The summed E-state index contributed by atoms with van der Waals surface area (Å²) in [5.74, 6) is -1.97. The van der Waals surface area contributed by atoms with Crippen molar-refractivity contribution in [2.45, 2.75) is 12.8 Å². The summed E-state index contributed by atoms with van der Waals surface area (Å²) in [4.78, 5) is 14.7. The van der Waals surface area contributed by atoms with Crippen LogP contribution in [0.25, 0.3) is 0 Å². The van der Waals surface area contributed by atoms with Gasteiger partial charge in [0.2, 0.25) is 0 Å². The van der Waals surface area contributed by atoms with Crippen molar-refractivity contribution in [2.75, 3.05) is 18.2 Å². The zero-order chi connectivity index (χ0) is 12.4. The van der Waals surface area contributed by atoms with Crippen LogP contribution in [0.2, 0.25) is 0 Å². The molecule has 1 fully saturated rings. The lowest BCUT2D eigenvalue weighted by molar-refractivity contribution is -0.385. The second kappa shape index (κ2) is 4.62. The second-order valence-corrected chi connectivity index (χ2v) is 3.66. The Balaban J connectivity index is 2.37. The monoisotopic (exact) mass is 244 g/mol. The molecule has 0 aliphatic carbocycles. The first-order valence-electron chi connectivity index (χ1n) is 5.13. The van der Waals surface area contributed by atoms with Gasteiger partial charge in [-0.2, -0.15) is 0 Å². The smallest absolute Gasteiger partial charge is 0.273 e. The first kappa shape index (κ1) is 11.7. The minimum atomic E-state index is -0.987. The van der Waals surface area contributed by atoms with Crippen molar-refractivity contribution in [2.24, 2.45) is 0 Å². The zero-order valence-electron chi connectivity index (χ0n) is 8.86. The van der Waals surface area contributed by atoms with E-state index in [0.29, 0.717) is 25.3 Å². The van der Waals surface area contributed by atoms with Gasteiger partial charge < -0.3 is 0 Å². The SMILES string of the molecule is O=[N+]([O-])c1cc(F)c(N2CCCCO2)c(F)c1. The van der Waals surface area contributed by atoms with Gasteiger partial charge in [-0.25, -0.2) is 13.8 Å². The van der Waals surface area contributed by atoms with Gasteiger partial charge in [0.15, 0.2) is 11.6 Å². The van der Waals surface area contributed by atoms with Crippen molar-refractivity contribution in [3.8, 4) is 0 Å². The predicted molar refractivity (Wildman–Crippen MR) is 55.5 cm³/mol. The molecule has 0 radical (unpaired) electrons. The van der Waals surface area contributed by atoms with E-state index in [9.17, 15) is 18.9 Å². The lowest BCUT2D eigenvalue weighted by atomic mass is 10.2. The van der Waals surface area contributed by atoms with Gasteiger partial charge in [-0.15, -0.1) is 0 Å². The molecule has 0 unspecified atom stereocenters. The van der Waals surface area contributed by atoms with Gasteiger partial charge in [-0.3, -0.25) is 15.0 Å². The fourth-order valence-corrected chi connectivity index (χ4v) is 1.67. The summed E-state index contributed by atoms with van der Waals surface area (Å²) >= 11 is 0. The number of benzene rings is 1. The maximum Gasteiger partial charge on any atom is 0.275 e. The summed E-state index contributed by atoms with van der Waals surface area (Å²) in [6, 6.07) is 1.38. The molecule has 5 nitrogen and oxygen atoms in total. The highest BCUT2D eigenvalue weighted by atomic mass is 19.1. The van der Waals surface area contributed by atoms with Gasteiger partial charge in [0.25, 0.3) is 5.69 Å². The molecular weight excluding hydrogens is 234 g/mol. The Kier molecular flexibility index (Phi) is 3.19. The normalized spacial score (nSPS) is 16.0. The third-order valence-corrected chi connectivity index (χ3v) is 2.46. The van der Waals surface area contributed by atoms with Gasteiger partial charge >= 0.3 is 0 Å². The van der Waals surface area contributed by atoms with E-state index in [4.69, 9.17) is 4.84 Å². The molecule has 0 aromatic heterocycles. The van der Waals surface area contributed by atoms with Crippen molar-refractivity contribution < 1.29 is 18.5 Å². The molecule has 1 aromatic rings. The number of halogens is 2. The fourth-order valence-electron chi connectivity index (χ4n) is 1.67. The maximum absolute atomic E-state index is 13.6. The Morgan fingerprint density at radius 3 is 2.41 bits per heavy atom. The van der Waals surface area contributed by atoms with E-state index < -0.39 is 22.2 Å². The number of nitrogens with zero attached hydrogens (tertiary/aromatic N) is 2. The lowest BCUT2D eigenvalue weighted by Gasteiger charge is -2.28. The predicted octanol–water partition coefficient (Wildman–Crippen LogP) is 2.40. The van der Waals surface area contributed by atoms with Crippen LogP contribution in [0.3, 0.4) is 0 Å². The average Bonchev–Trinajstić information content (AvgIpc) is 2.29. The van der Waals surface area contributed by atoms with Gasteiger partial charge in [0.05, 0.1) is 23.7 Å². The molecule has 0 atom stereocenters. The molecular formula is C10H10F2N2O3. The Bertz CT molecular complexity index is 424. The van der Waals surface area contributed by atoms with Crippen LogP contribution in [0.5, 0.6) is 0 Å². The number of hydroxylamine groups is 1. The Labute approximate surface area is 95.7 Å². The molecule has 1 aliphatic rings. The fraction of sp³-hybridized carbons (Fsp3) is 0.400. The molecule has 0 saturated carbocycles. The third-order valence-electron chi connectivity index (χ3n) is 2.46. The Morgan fingerprint density at radius 2 is 1.94 bits per heavy atom. The van der Waals surface area contributed by atoms with Crippen molar-refractivity contribution in [1.29, 1.82) is 0 Å². The highest BCUT2D eigenvalue weighted by Crippen LogP contribution is 2.29. The number of nitro groups is 1. The third kappa shape index (κ3) is 2.33. The van der Waals surface area contributed by atoms with Crippen LogP contribution in [0.1, 0.15) is 12.8 Å². The van der Waals surface area contributed by atoms with E-state index in [1.54, 1.807) is 0 Å². The van der Waals surface area contributed by atoms with Crippen LogP contribution in [0, 0.1) is 21.7 Å². The first-order chi connectivity index (χ1) is 8.09. The maximum atomic E-state index is 13.6. The number of hydrogen-bond donors (Lipinski definition) is 0. The number of nitro benzene ring substituents is 1. The highest BCUT2D eigenvalue weighted by Gasteiger charge is 2.23. The van der Waals surface area contributed by atoms with E-state index in [2.05, 4.69) is 0 Å². The number of hydrogen-bond acceptors (Lipinski definition) is 4. The van der Waals surface area contributed by atoms with E-state index >= 15 is 0 Å². The molecule has 0 N–H and O–H groups in total. The Hall–Kier alpha value is -1.76. The van der Waals surface area contributed by atoms with Crippen LogP contribution >= 0.6 is 0 Å². The molecule has 17 heavy (non-hydrogen) atoms. The molecule has 1 aliphatic heterocycles. The Morgan fingerprint density at radius 1 is 1.29 bits per heavy atom. The second-order valence-electron chi connectivity index (χ2n) is 3.66. The number of non-ortho nitro benzene ring substituents is 1. The molecule has 92 valence electrons. The zero-order valence-corrected chi connectivity index (χ0v) is 8.86. The summed E-state index contributed by atoms with van der Waals surface area (Å²) in [5.41, 5.74) is -0.976. The van der Waals surface area contributed by atoms with Crippen LogP contribution in [0.4, 0.5) is 20.2 Å². The summed E-state index contributed by atoms with van der Waals surface area (Å²) in [7, 11) is 0. The van der Waals surface area contributed by atoms with Gasteiger partial charge in [-0.05, 0) is 12.8 Å². The van der Waals surface area contributed by atoms with Crippen molar-refractivity contribution in [3.63, 3.8) is 0 Å². The molecule has 1 aromatic carbocycles. The molecule has 0 amide bonds. The van der Waals surface area contributed by atoms with Crippen molar-refractivity contribution in [3.05, 3.63) is 33.9 Å². The standard InChI is InChI=1S/C10H10F2N2O3/c11-8-5-7(14(15)16)6-9(12)10(8)13-3-1-2-4-17-13/h5-6H,1-4H2. The summed E-state index contributed by atoms with van der Waals surface area (Å²) in [6.07, 6.45) is 1.59. The number of rotatable bonds is 2. The largest absolute Gasteiger partial charge is 0.275 e. The van der Waals surface area contributed by atoms with Crippen molar-refractivity contribution >= 4 is 11.4 Å². The van der Waals surface area contributed by atoms with Gasteiger partial charge in [0.1, 0.15) is 5.69 Å². The minimum Gasteiger partial charge on any atom is -0.273 e.